The van der Waals surface area contributed by atoms with E-state index in [-0.39, 0.29) is 6.42 Å². The van der Waals surface area contributed by atoms with Gasteiger partial charge in [-0.05, 0) is 40.5 Å². The van der Waals surface area contributed by atoms with Gasteiger partial charge in [0.2, 0.25) is 11.8 Å². The Morgan fingerprint density at radius 2 is 1.12 bits per heavy atom. The van der Waals surface area contributed by atoms with E-state index in [0.29, 0.717) is 5.56 Å². The van der Waals surface area contributed by atoms with Crippen molar-refractivity contribution in [3.8, 4) is 0 Å². The molecule has 1 heterocycles. The van der Waals surface area contributed by atoms with E-state index in [2.05, 4.69) is 20.9 Å². The summed E-state index contributed by atoms with van der Waals surface area (Å²) in [7, 11) is 0. The summed E-state index contributed by atoms with van der Waals surface area (Å²) < 4.78 is 0. The maximum atomic E-state index is 14.0. The summed E-state index contributed by atoms with van der Waals surface area (Å²) in [5.74, 6) is -3.22. The molecule has 0 unspecified atom stereocenters. The number of para-hydroxylation sites is 1. The molecule has 0 bridgehead atoms. The minimum atomic E-state index is -1.60. The number of aromatic nitrogens is 1. The lowest BCUT2D eigenvalue weighted by atomic mass is 9.77. The maximum absolute atomic E-state index is 14.0. The molecule has 0 aliphatic rings. The Bertz CT molecular complexity index is 1990. The van der Waals surface area contributed by atoms with Crippen molar-refractivity contribution in [3.05, 3.63) is 180 Å². The average molecular weight is 665 g/mol. The normalized spacial score (nSPS) is 12.4. The minimum Gasteiger partial charge on any atom is -0.480 e. The molecule has 9 nitrogen and oxygen atoms in total. The summed E-state index contributed by atoms with van der Waals surface area (Å²) in [6.07, 6.45) is 1.27. The van der Waals surface area contributed by atoms with Gasteiger partial charge in [-0.1, -0.05) is 127 Å². The van der Waals surface area contributed by atoms with Gasteiger partial charge in [0.25, 0.3) is 5.91 Å². The van der Waals surface area contributed by atoms with E-state index in [1.165, 1.54) is 0 Å². The van der Waals surface area contributed by atoms with Crippen LogP contribution < -0.4 is 16.0 Å². The Labute approximate surface area is 289 Å². The number of benzene rings is 5. The molecule has 0 saturated heterocycles. The monoisotopic (exact) mass is 664 g/mol. The summed E-state index contributed by atoms with van der Waals surface area (Å²) in [5.41, 5.74) is 3.09. The number of carboxylic acids is 1. The zero-order valence-corrected chi connectivity index (χ0v) is 27.1. The van der Waals surface area contributed by atoms with Gasteiger partial charge in [0.1, 0.15) is 17.6 Å². The van der Waals surface area contributed by atoms with Gasteiger partial charge in [0.15, 0.2) is 0 Å². The Morgan fingerprint density at radius 3 is 1.66 bits per heavy atom. The molecule has 2 atom stereocenters. The second kappa shape index (κ2) is 15.2. The number of aliphatic carboxylic acids is 1. The third-order valence-corrected chi connectivity index (χ3v) is 8.71. The Kier molecular flexibility index (Phi) is 10.1. The number of aromatic amines is 1. The lowest BCUT2D eigenvalue weighted by Crippen LogP contribution is -2.54. The molecule has 6 rings (SSSR count). The zero-order chi connectivity index (χ0) is 34.9. The van der Waals surface area contributed by atoms with Crippen molar-refractivity contribution < 1.29 is 24.3 Å². The molecular formula is C41H36N4O5. The number of hydrogen-bond donors (Lipinski definition) is 5. The van der Waals surface area contributed by atoms with Crippen molar-refractivity contribution in [1.82, 2.24) is 20.9 Å². The van der Waals surface area contributed by atoms with E-state index >= 15 is 0 Å². The summed E-state index contributed by atoms with van der Waals surface area (Å²) >= 11 is 0. The van der Waals surface area contributed by atoms with Crippen molar-refractivity contribution >= 4 is 34.6 Å². The number of H-pyrrole nitrogens is 1. The van der Waals surface area contributed by atoms with Crippen molar-refractivity contribution in [1.29, 1.82) is 0 Å². The van der Waals surface area contributed by atoms with Gasteiger partial charge >= 0.3 is 5.97 Å². The van der Waals surface area contributed by atoms with Gasteiger partial charge in [0.05, 0.1) is 6.42 Å². The number of amides is 3. The fourth-order valence-electron chi connectivity index (χ4n) is 6.26. The molecule has 0 aliphatic heterocycles. The second-order valence-electron chi connectivity index (χ2n) is 12.0. The second-order valence-corrected chi connectivity index (χ2v) is 12.0. The molecule has 9 heteroatoms. The highest BCUT2D eigenvalue weighted by molar-refractivity contribution is 5.99. The maximum Gasteiger partial charge on any atom is 0.326 e. The molecule has 6 aromatic rings. The predicted octanol–water partition coefficient (Wildman–Crippen LogP) is 5.58. The van der Waals surface area contributed by atoms with Gasteiger partial charge in [-0.2, -0.15) is 0 Å². The summed E-state index contributed by atoms with van der Waals surface area (Å²) in [6.45, 7) is 0. The minimum absolute atomic E-state index is 0.0755. The molecular weight excluding hydrogens is 628 g/mol. The zero-order valence-electron chi connectivity index (χ0n) is 27.1. The standard InChI is InChI=1S/C41H36N4O5/c46-37(45-41(30-17-7-2-8-18-30,31-19-9-3-10-20-31)32-21-11-4-12-22-32)26-36(40(49)50)44-39(48)35(43-38(47)28-15-5-1-6-16-28)25-29-27-42-34-24-14-13-23-33(29)34/h1-24,27,35-36,42H,25-26H2,(H,43,47)(H,44,48)(H,45,46)(H,49,50)/t35-,36-/m0/s1. The molecule has 0 aliphatic carbocycles. The highest BCUT2D eigenvalue weighted by Gasteiger charge is 2.39. The van der Waals surface area contributed by atoms with Crippen molar-refractivity contribution in [2.75, 3.05) is 0 Å². The largest absolute Gasteiger partial charge is 0.480 e. The van der Waals surface area contributed by atoms with E-state index in [1.807, 2.05) is 115 Å². The number of carbonyl (C=O) groups excluding carboxylic acids is 3. The van der Waals surface area contributed by atoms with Crippen LogP contribution in [0.5, 0.6) is 0 Å². The lowest BCUT2D eigenvalue weighted by molar-refractivity contribution is -0.144. The number of hydrogen-bond acceptors (Lipinski definition) is 4. The van der Waals surface area contributed by atoms with Crippen molar-refractivity contribution in [2.24, 2.45) is 0 Å². The fraction of sp³-hybridized carbons (Fsp3) is 0.122. The fourth-order valence-corrected chi connectivity index (χ4v) is 6.26. The molecule has 3 amide bonds. The van der Waals surface area contributed by atoms with Gasteiger partial charge < -0.3 is 26.0 Å². The van der Waals surface area contributed by atoms with Crippen LogP contribution in [-0.2, 0) is 26.3 Å². The third kappa shape index (κ3) is 7.32. The SMILES string of the molecule is O=C(C[C@H](NC(=O)[C@H](Cc1c[nH]c2ccccc12)NC(=O)c1ccccc1)C(=O)O)NC(c1ccccc1)(c1ccccc1)c1ccccc1. The average Bonchev–Trinajstić information content (AvgIpc) is 3.57. The number of nitrogens with one attached hydrogen (secondary N) is 4. The first-order valence-electron chi connectivity index (χ1n) is 16.3. The van der Waals surface area contributed by atoms with Crippen molar-refractivity contribution in [3.63, 3.8) is 0 Å². The van der Waals surface area contributed by atoms with Crippen molar-refractivity contribution in [2.45, 2.75) is 30.5 Å². The Morgan fingerprint density at radius 1 is 0.620 bits per heavy atom. The number of carbonyl (C=O) groups is 4. The first-order valence-corrected chi connectivity index (χ1v) is 16.3. The summed E-state index contributed by atoms with van der Waals surface area (Å²) in [4.78, 5) is 56.9. The lowest BCUT2D eigenvalue weighted by Gasteiger charge is -2.37. The first-order chi connectivity index (χ1) is 24.3. The molecule has 5 N–H and O–H groups in total. The molecule has 50 heavy (non-hydrogen) atoms. The molecule has 250 valence electrons. The van der Waals surface area contributed by atoms with E-state index < -0.39 is 47.7 Å². The van der Waals surface area contributed by atoms with E-state index in [4.69, 9.17) is 0 Å². The van der Waals surface area contributed by atoms with Gasteiger partial charge in [-0.15, -0.1) is 0 Å². The van der Waals surface area contributed by atoms with E-state index in [1.54, 1.807) is 36.5 Å². The predicted molar refractivity (Wildman–Crippen MR) is 191 cm³/mol. The number of rotatable bonds is 13. The van der Waals surface area contributed by atoms with Crippen LogP contribution in [0.25, 0.3) is 10.9 Å². The van der Waals surface area contributed by atoms with Crippen LogP contribution in [0.2, 0.25) is 0 Å². The number of carboxylic acid groups (broad SMARTS) is 1. The highest BCUT2D eigenvalue weighted by atomic mass is 16.4. The van der Waals surface area contributed by atoms with E-state index in [9.17, 15) is 24.3 Å². The van der Waals surface area contributed by atoms with Crippen LogP contribution in [0.3, 0.4) is 0 Å². The molecule has 5 aromatic carbocycles. The topological polar surface area (TPSA) is 140 Å². The van der Waals surface area contributed by atoms with Crippen LogP contribution in [-0.4, -0.2) is 45.9 Å². The van der Waals surface area contributed by atoms with Gasteiger partial charge in [-0.25, -0.2) is 4.79 Å². The van der Waals surface area contributed by atoms with Crippen LogP contribution in [0.4, 0.5) is 0 Å². The van der Waals surface area contributed by atoms with Crippen LogP contribution in [0.1, 0.15) is 39.0 Å². The molecule has 0 spiro atoms. The number of fused-ring (bicyclic) bond motifs is 1. The molecule has 0 saturated carbocycles. The molecule has 0 radical (unpaired) electrons. The third-order valence-electron chi connectivity index (χ3n) is 8.71. The Balaban J connectivity index is 1.28. The quantitative estimate of drug-likeness (QED) is 0.103. The first kappa shape index (κ1) is 33.4. The Hall–Kier alpha value is -6.48. The van der Waals surface area contributed by atoms with Gasteiger partial charge in [-0.3, -0.25) is 14.4 Å². The molecule has 1 aromatic heterocycles. The van der Waals surface area contributed by atoms with Crippen LogP contribution in [0.15, 0.2) is 152 Å². The smallest absolute Gasteiger partial charge is 0.326 e. The van der Waals surface area contributed by atoms with Crippen LogP contribution in [0, 0.1) is 0 Å². The highest BCUT2D eigenvalue weighted by Crippen LogP contribution is 2.37. The summed E-state index contributed by atoms with van der Waals surface area (Å²) in [5, 5.41) is 19.6. The van der Waals surface area contributed by atoms with Crippen LogP contribution >= 0.6 is 0 Å². The summed E-state index contributed by atoms with van der Waals surface area (Å²) in [6, 6.07) is 41.6. The van der Waals surface area contributed by atoms with E-state index in [0.717, 1.165) is 33.2 Å². The van der Waals surface area contributed by atoms with Gasteiger partial charge in [0, 0.05) is 29.1 Å². The molecule has 0 fully saturated rings.